The Hall–Kier alpha value is -0.0900. The molecule has 2 unspecified atom stereocenters. The van der Waals surface area contributed by atoms with E-state index in [1.54, 1.807) is 0 Å². The summed E-state index contributed by atoms with van der Waals surface area (Å²) >= 11 is 1.87. The van der Waals surface area contributed by atoms with E-state index in [4.69, 9.17) is 5.73 Å². The third-order valence-corrected chi connectivity index (χ3v) is 4.40. The summed E-state index contributed by atoms with van der Waals surface area (Å²) in [6, 6.07) is 2.62. The maximum absolute atomic E-state index is 6.02. The average Bonchev–Trinajstić information content (AvgIpc) is 2.59. The van der Waals surface area contributed by atoms with Crippen molar-refractivity contribution >= 4 is 23.7 Å². The number of nitrogens with two attached hydrogens (primary N) is 1. The summed E-state index contributed by atoms with van der Waals surface area (Å²) in [6.45, 7) is 7.88. The quantitative estimate of drug-likeness (QED) is 0.886. The molecule has 0 amide bonds. The zero-order valence-electron chi connectivity index (χ0n) is 9.98. The predicted molar refractivity (Wildman–Crippen MR) is 73.3 cm³/mol. The molecule has 1 fully saturated rings. The largest absolute Gasteiger partial charge is 0.327 e. The van der Waals surface area contributed by atoms with E-state index < -0.39 is 0 Å². The van der Waals surface area contributed by atoms with Crippen LogP contribution in [0.4, 0.5) is 0 Å². The highest BCUT2D eigenvalue weighted by Gasteiger charge is 2.23. The Morgan fingerprint density at radius 3 is 2.88 bits per heavy atom. The van der Waals surface area contributed by atoms with Crippen molar-refractivity contribution in [2.45, 2.75) is 32.9 Å². The van der Waals surface area contributed by atoms with Gasteiger partial charge in [-0.05, 0) is 36.3 Å². The first-order valence-corrected chi connectivity index (χ1v) is 6.55. The highest BCUT2D eigenvalue weighted by Crippen LogP contribution is 2.21. The normalized spacial score (nSPS) is 26.4. The Labute approximate surface area is 108 Å². The molecule has 1 aromatic rings. The predicted octanol–water partition coefficient (Wildman–Crippen LogP) is 2.65. The highest BCUT2D eigenvalue weighted by molar-refractivity contribution is 7.10. The Morgan fingerprint density at radius 2 is 2.31 bits per heavy atom. The van der Waals surface area contributed by atoms with Crippen molar-refractivity contribution in [3.63, 3.8) is 0 Å². The van der Waals surface area contributed by atoms with Crippen LogP contribution in [-0.4, -0.2) is 24.0 Å². The highest BCUT2D eigenvalue weighted by atomic mass is 35.5. The van der Waals surface area contributed by atoms with E-state index in [9.17, 15) is 0 Å². The van der Waals surface area contributed by atoms with Crippen molar-refractivity contribution in [2.75, 3.05) is 13.1 Å². The molecule has 1 aliphatic rings. The van der Waals surface area contributed by atoms with E-state index in [0.717, 1.165) is 26.1 Å². The van der Waals surface area contributed by atoms with E-state index >= 15 is 0 Å². The van der Waals surface area contributed by atoms with Gasteiger partial charge in [-0.15, -0.1) is 23.7 Å². The second-order valence-electron chi connectivity index (χ2n) is 4.69. The number of hydrogen-bond donors (Lipinski definition) is 1. The van der Waals surface area contributed by atoms with Gasteiger partial charge in [0.2, 0.25) is 0 Å². The van der Waals surface area contributed by atoms with Crippen molar-refractivity contribution in [2.24, 2.45) is 11.7 Å². The summed E-state index contributed by atoms with van der Waals surface area (Å²) in [5.41, 5.74) is 7.45. The van der Waals surface area contributed by atoms with Crippen LogP contribution in [0, 0.1) is 12.8 Å². The second-order valence-corrected chi connectivity index (χ2v) is 5.69. The van der Waals surface area contributed by atoms with Gasteiger partial charge in [0.25, 0.3) is 0 Å². The molecule has 16 heavy (non-hydrogen) atoms. The fourth-order valence-corrected chi connectivity index (χ4v) is 3.11. The minimum atomic E-state index is 0. The zero-order chi connectivity index (χ0) is 10.8. The van der Waals surface area contributed by atoms with Gasteiger partial charge in [-0.2, -0.15) is 0 Å². The van der Waals surface area contributed by atoms with Crippen molar-refractivity contribution < 1.29 is 0 Å². The first-order chi connectivity index (χ1) is 7.16. The van der Waals surface area contributed by atoms with Crippen LogP contribution in [0.5, 0.6) is 0 Å². The monoisotopic (exact) mass is 260 g/mol. The molecule has 92 valence electrons. The first kappa shape index (κ1) is 14.0. The molecule has 2 N–H and O–H groups in total. The number of likely N-dealkylation sites (tertiary alicyclic amines) is 1. The molecule has 2 atom stereocenters. The maximum Gasteiger partial charge on any atom is 0.0330 e. The summed E-state index contributed by atoms with van der Waals surface area (Å²) in [5, 5.41) is 2.18. The molecule has 2 rings (SSSR count). The SMILES string of the molecule is Cc1ccsc1CN1CCC(N)C(C)C1.Cl. The van der Waals surface area contributed by atoms with Gasteiger partial charge in [0.1, 0.15) is 0 Å². The molecule has 0 aliphatic carbocycles. The summed E-state index contributed by atoms with van der Waals surface area (Å²) in [7, 11) is 0. The number of rotatable bonds is 2. The summed E-state index contributed by atoms with van der Waals surface area (Å²) in [5.74, 6) is 0.638. The van der Waals surface area contributed by atoms with Crippen LogP contribution >= 0.6 is 23.7 Å². The molecule has 0 bridgehead atoms. The van der Waals surface area contributed by atoms with E-state index in [1.165, 1.54) is 10.4 Å². The third-order valence-electron chi connectivity index (χ3n) is 3.39. The standard InChI is InChI=1S/C12H20N2S.ClH/c1-9-4-6-15-12(9)8-14-5-3-11(13)10(2)7-14;/h4,6,10-11H,3,5,7-8,13H2,1-2H3;1H. The lowest BCUT2D eigenvalue weighted by Crippen LogP contribution is -2.45. The van der Waals surface area contributed by atoms with Gasteiger partial charge in [0.15, 0.2) is 0 Å². The van der Waals surface area contributed by atoms with Gasteiger partial charge in [-0.3, -0.25) is 4.90 Å². The molecule has 0 saturated carbocycles. The molecule has 2 heterocycles. The Bertz CT molecular complexity index is 327. The van der Waals surface area contributed by atoms with Crippen molar-refractivity contribution in [3.05, 3.63) is 21.9 Å². The molecule has 1 aliphatic heterocycles. The Balaban J connectivity index is 0.00000128. The summed E-state index contributed by atoms with van der Waals surface area (Å²) in [4.78, 5) is 4.05. The minimum Gasteiger partial charge on any atom is -0.327 e. The number of aryl methyl sites for hydroxylation is 1. The molecule has 1 saturated heterocycles. The average molecular weight is 261 g/mol. The van der Waals surface area contributed by atoms with Gasteiger partial charge in [0, 0.05) is 30.6 Å². The van der Waals surface area contributed by atoms with E-state index in [0.29, 0.717) is 12.0 Å². The van der Waals surface area contributed by atoms with Gasteiger partial charge < -0.3 is 5.73 Å². The number of halogens is 1. The molecule has 1 aromatic heterocycles. The molecule has 0 radical (unpaired) electrons. The number of nitrogens with zero attached hydrogens (tertiary/aromatic N) is 1. The fourth-order valence-electron chi connectivity index (χ4n) is 2.16. The molecule has 0 aromatic carbocycles. The van der Waals surface area contributed by atoms with Crippen LogP contribution in [0.3, 0.4) is 0 Å². The molecule has 4 heteroatoms. The van der Waals surface area contributed by atoms with Gasteiger partial charge in [0.05, 0.1) is 0 Å². The Morgan fingerprint density at radius 1 is 1.56 bits per heavy atom. The smallest absolute Gasteiger partial charge is 0.0330 e. The lowest BCUT2D eigenvalue weighted by Gasteiger charge is -2.34. The molecular weight excluding hydrogens is 240 g/mol. The third kappa shape index (κ3) is 3.20. The molecular formula is C12H21ClN2S. The summed E-state index contributed by atoms with van der Waals surface area (Å²) in [6.07, 6.45) is 1.14. The van der Waals surface area contributed by atoms with E-state index in [1.807, 2.05) is 11.3 Å². The fraction of sp³-hybridized carbons (Fsp3) is 0.667. The van der Waals surface area contributed by atoms with E-state index in [-0.39, 0.29) is 12.4 Å². The van der Waals surface area contributed by atoms with Crippen LogP contribution in [-0.2, 0) is 6.54 Å². The van der Waals surface area contributed by atoms with Crippen molar-refractivity contribution in [1.29, 1.82) is 0 Å². The van der Waals surface area contributed by atoms with Gasteiger partial charge in [-0.1, -0.05) is 6.92 Å². The van der Waals surface area contributed by atoms with Crippen molar-refractivity contribution in [3.8, 4) is 0 Å². The van der Waals surface area contributed by atoms with Crippen LogP contribution in [0.15, 0.2) is 11.4 Å². The molecule has 2 nitrogen and oxygen atoms in total. The van der Waals surface area contributed by atoms with Crippen LogP contribution in [0.2, 0.25) is 0 Å². The zero-order valence-corrected chi connectivity index (χ0v) is 11.6. The number of thiophene rings is 1. The van der Waals surface area contributed by atoms with Crippen LogP contribution in [0.1, 0.15) is 23.8 Å². The van der Waals surface area contributed by atoms with Gasteiger partial charge >= 0.3 is 0 Å². The topological polar surface area (TPSA) is 29.3 Å². The lowest BCUT2D eigenvalue weighted by molar-refractivity contribution is 0.159. The second kappa shape index (κ2) is 6.01. The first-order valence-electron chi connectivity index (χ1n) is 5.67. The minimum absolute atomic E-state index is 0. The summed E-state index contributed by atoms with van der Waals surface area (Å²) < 4.78 is 0. The number of hydrogen-bond acceptors (Lipinski definition) is 3. The van der Waals surface area contributed by atoms with Crippen LogP contribution < -0.4 is 5.73 Å². The maximum atomic E-state index is 6.02. The Kier molecular flexibility index (Phi) is 5.25. The lowest BCUT2D eigenvalue weighted by atomic mass is 9.95. The van der Waals surface area contributed by atoms with Gasteiger partial charge in [-0.25, -0.2) is 0 Å². The van der Waals surface area contributed by atoms with Crippen molar-refractivity contribution in [1.82, 2.24) is 4.90 Å². The van der Waals surface area contributed by atoms with E-state index in [2.05, 4.69) is 30.2 Å². The number of piperidine rings is 1. The molecule has 0 spiro atoms. The van der Waals surface area contributed by atoms with Crippen LogP contribution in [0.25, 0.3) is 0 Å².